The lowest BCUT2D eigenvalue weighted by Crippen LogP contribution is -2.14. The minimum atomic E-state index is -0.622. The van der Waals surface area contributed by atoms with E-state index < -0.39 is 5.91 Å². The van der Waals surface area contributed by atoms with Crippen molar-refractivity contribution in [2.24, 2.45) is 10.9 Å². The minimum Gasteiger partial charge on any atom is -0.363 e. The van der Waals surface area contributed by atoms with Gasteiger partial charge in [0.25, 0.3) is 5.91 Å². The number of amides is 1. The monoisotopic (exact) mass is 138 g/mol. The zero-order chi connectivity index (χ0) is 7.40. The minimum absolute atomic E-state index is 0.0463. The van der Waals surface area contributed by atoms with E-state index in [2.05, 4.69) is 9.99 Å². The fourth-order valence-corrected chi connectivity index (χ4v) is 0.473. The summed E-state index contributed by atoms with van der Waals surface area (Å²) in [6, 6.07) is 0. The molecule has 1 amide bonds. The number of primary amides is 1. The lowest BCUT2D eigenvalue weighted by Gasteiger charge is -1.94. The Morgan fingerprint density at radius 1 is 1.60 bits per heavy atom. The number of hydrogen-bond acceptors (Lipinski definition) is 3. The van der Waals surface area contributed by atoms with Gasteiger partial charge in [-0.15, -0.1) is 0 Å². The second kappa shape index (κ2) is 2.82. The van der Waals surface area contributed by atoms with Crippen molar-refractivity contribution in [2.75, 3.05) is 0 Å². The number of nitrogens with two attached hydrogens (primary N) is 1. The molecule has 1 aliphatic rings. The zero-order valence-corrected chi connectivity index (χ0v) is 5.15. The quantitative estimate of drug-likeness (QED) is 0.551. The van der Waals surface area contributed by atoms with Gasteiger partial charge in [-0.3, -0.25) is 4.79 Å². The highest BCUT2D eigenvalue weighted by Gasteiger charge is 2.04. The Morgan fingerprint density at radius 2 is 2.40 bits per heavy atom. The standard InChI is InChI=1S/C6H6N2O2/c7-6(9)5-3-1-2-4-8-10-5/h1-4H,(H2,7,9). The Labute approximate surface area is 57.6 Å². The average Bonchev–Trinajstić information content (AvgIpc) is 2.12. The lowest BCUT2D eigenvalue weighted by atomic mass is 10.4. The molecule has 0 aromatic heterocycles. The van der Waals surface area contributed by atoms with Crippen LogP contribution in [-0.4, -0.2) is 12.1 Å². The molecule has 0 fully saturated rings. The summed E-state index contributed by atoms with van der Waals surface area (Å²) in [4.78, 5) is 15.0. The van der Waals surface area contributed by atoms with Crippen molar-refractivity contribution >= 4 is 12.1 Å². The van der Waals surface area contributed by atoms with Gasteiger partial charge < -0.3 is 10.6 Å². The molecule has 52 valence electrons. The van der Waals surface area contributed by atoms with Crippen molar-refractivity contribution in [3.63, 3.8) is 0 Å². The number of hydrogen-bond donors (Lipinski definition) is 1. The van der Waals surface area contributed by atoms with Crippen molar-refractivity contribution < 1.29 is 9.63 Å². The fraction of sp³-hybridized carbons (Fsp3) is 0. The molecule has 0 saturated carbocycles. The van der Waals surface area contributed by atoms with E-state index in [1.807, 2.05) is 0 Å². The third-order valence-corrected chi connectivity index (χ3v) is 0.900. The summed E-state index contributed by atoms with van der Waals surface area (Å²) < 4.78 is 0. The molecule has 0 atom stereocenters. The van der Waals surface area contributed by atoms with Crippen LogP contribution in [0.4, 0.5) is 0 Å². The van der Waals surface area contributed by atoms with Gasteiger partial charge in [-0.25, -0.2) is 0 Å². The summed E-state index contributed by atoms with van der Waals surface area (Å²) in [5.74, 6) is -0.575. The van der Waals surface area contributed by atoms with Gasteiger partial charge in [0.2, 0.25) is 5.76 Å². The zero-order valence-electron chi connectivity index (χ0n) is 5.15. The molecule has 0 bridgehead atoms. The van der Waals surface area contributed by atoms with Crippen LogP contribution in [0.3, 0.4) is 0 Å². The van der Waals surface area contributed by atoms with Gasteiger partial charge in [-0.05, 0) is 12.2 Å². The maximum Gasteiger partial charge on any atom is 0.287 e. The van der Waals surface area contributed by atoms with Crippen molar-refractivity contribution in [2.45, 2.75) is 0 Å². The lowest BCUT2D eigenvalue weighted by molar-refractivity contribution is -0.117. The fourth-order valence-electron chi connectivity index (χ4n) is 0.473. The molecule has 1 heterocycles. The highest BCUT2D eigenvalue weighted by molar-refractivity contribution is 5.90. The van der Waals surface area contributed by atoms with Gasteiger partial charge in [0.1, 0.15) is 0 Å². The predicted octanol–water partition coefficient (Wildman–Crippen LogP) is -0.0722. The second-order valence-electron chi connectivity index (χ2n) is 1.63. The van der Waals surface area contributed by atoms with E-state index >= 15 is 0 Å². The SMILES string of the molecule is NC(=O)C1=CC=CC=NO1. The maximum absolute atomic E-state index is 10.4. The van der Waals surface area contributed by atoms with Crippen LogP contribution < -0.4 is 5.73 Å². The smallest absolute Gasteiger partial charge is 0.287 e. The molecule has 1 rings (SSSR count). The Bertz CT molecular complexity index is 228. The maximum atomic E-state index is 10.4. The largest absolute Gasteiger partial charge is 0.363 e. The number of carbonyl (C=O) groups is 1. The number of allylic oxidation sites excluding steroid dienone is 3. The Hall–Kier alpha value is -1.58. The highest BCUT2D eigenvalue weighted by atomic mass is 16.6. The van der Waals surface area contributed by atoms with Crippen LogP contribution in [0.2, 0.25) is 0 Å². The van der Waals surface area contributed by atoms with Crippen LogP contribution in [0.5, 0.6) is 0 Å². The van der Waals surface area contributed by atoms with Crippen LogP contribution in [0.15, 0.2) is 29.1 Å². The molecule has 4 heteroatoms. The van der Waals surface area contributed by atoms with Crippen LogP contribution in [0.25, 0.3) is 0 Å². The molecule has 0 saturated heterocycles. The topological polar surface area (TPSA) is 64.7 Å². The Kier molecular flexibility index (Phi) is 1.84. The average molecular weight is 138 g/mol. The van der Waals surface area contributed by atoms with Gasteiger partial charge in [-0.1, -0.05) is 11.2 Å². The van der Waals surface area contributed by atoms with Crippen molar-refractivity contribution in [3.05, 3.63) is 24.0 Å². The van der Waals surface area contributed by atoms with E-state index in [0.29, 0.717) is 0 Å². The number of carbonyl (C=O) groups excluding carboxylic acids is 1. The van der Waals surface area contributed by atoms with E-state index in [1.165, 1.54) is 12.3 Å². The van der Waals surface area contributed by atoms with E-state index in [9.17, 15) is 4.79 Å². The van der Waals surface area contributed by atoms with E-state index in [4.69, 9.17) is 5.73 Å². The molecule has 0 aromatic carbocycles. The molecular formula is C6H6N2O2. The summed E-state index contributed by atoms with van der Waals surface area (Å²) in [7, 11) is 0. The summed E-state index contributed by atoms with van der Waals surface area (Å²) in [5.41, 5.74) is 4.90. The molecule has 0 aromatic rings. The molecule has 2 N–H and O–H groups in total. The van der Waals surface area contributed by atoms with E-state index in [1.54, 1.807) is 12.2 Å². The predicted molar refractivity (Wildman–Crippen MR) is 36.0 cm³/mol. The van der Waals surface area contributed by atoms with Crippen molar-refractivity contribution in [1.29, 1.82) is 0 Å². The molecule has 4 nitrogen and oxygen atoms in total. The molecular weight excluding hydrogens is 132 g/mol. The number of rotatable bonds is 1. The van der Waals surface area contributed by atoms with Gasteiger partial charge in [0, 0.05) is 0 Å². The summed E-state index contributed by atoms with van der Waals surface area (Å²) >= 11 is 0. The number of nitrogens with zero attached hydrogens (tertiary/aromatic N) is 1. The van der Waals surface area contributed by atoms with E-state index in [0.717, 1.165) is 0 Å². The third-order valence-electron chi connectivity index (χ3n) is 0.900. The second-order valence-corrected chi connectivity index (χ2v) is 1.63. The first kappa shape index (κ1) is 6.54. The van der Waals surface area contributed by atoms with Crippen LogP contribution in [0, 0.1) is 0 Å². The molecule has 10 heavy (non-hydrogen) atoms. The molecule has 1 aliphatic heterocycles. The van der Waals surface area contributed by atoms with Crippen LogP contribution >= 0.6 is 0 Å². The number of oxime groups is 1. The summed E-state index contributed by atoms with van der Waals surface area (Å²) in [6.45, 7) is 0. The molecule has 0 aliphatic carbocycles. The van der Waals surface area contributed by atoms with Gasteiger partial charge >= 0.3 is 0 Å². The van der Waals surface area contributed by atoms with Crippen LogP contribution in [-0.2, 0) is 9.63 Å². The van der Waals surface area contributed by atoms with Crippen molar-refractivity contribution in [3.8, 4) is 0 Å². The van der Waals surface area contributed by atoms with Crippen LogP contribution in [0.1, 0.15) is 0 Å². The summed E-state index contributed by atoms with van der Waals surface area (Å²) in [5, 5.41) is 3.39. The van der Waals surface area contributed by atoms with Crippen molar-refractivity contribution in [1.82, 2.24) is 0 Å². The van der Waals surface area contributed by atoms with Gasteiger partial charge in [-0.2, -0.15) is 0 Å². The normalized spacial score (nSPS) is 15.4. The van der Waals surface area contributed by atoms with E-state index in [-0.39, 0.29) is 5.76 Å². The molecule has 0 spiro atoms. The Morgan fingerprint density at radius 3 is 3.10 bits per heavy atom. The highest BCUT2D eigenvalue weighted by Crippen LogP contribution is 1.99. The molecule has 0 unspecified atom stereocenters. The first-order valence-electron chi connectivity index (χ1n) is 2.68. The van der Waals surface area contributed by atoms with Gasteiger partial charge in [0.05, 0.1) is 6.21 Å². The summed E-state index contributed by atoms with van der Waals surface area (Å²) in [6.07, 6.45) is 6.13. The third kappa shape index (κ3) is 1.45. The Balaban J connectivity index is 2.78. The first-order valence-corrected chi connectivity index (χ1v) is 2.68. The van der Waals surface area contributed by atoms with Gasteiger partial charge in [0.15, 0.2) is 0 Å². The first-order chi connectivity index (χ1) is 4.80. The molecule has 0 radical (unpaired) electrons.